The molecular formula is C11H13N3S. The van der Waals surface area contributed by atoms with E-state index in [1.54, 1.807) is 6.20 Å². The molecule has 0 amide bonds. The summed E-state index contributed by atoms with van der Waals surface area (Å²) in [5, 5.41) is 7.68. The predicted molar refractivity (Wildman–Crippen MR) is 61.9 cm³/mol. The second-order valence-electron chi connectivity index (χ2n) is 3.33. The number of hydrogen-bond donors (Lipinski definition) is 0. The molecule has 0 saturated carbocycles. The van der Waals surface area contributed by atoms with E-state index >= 15 is 0 Å². The highest BCUT2D eigenvalue weighted by Gasteiger charge is 1.95. The molecule has 0 aliphatic carbocycles. The Morgan fingerprint density at radius 2 is 2.07 bits per heavy atom. The first-order valence-electron chi connectivity index (χ1n) is 4.88. The van der Waals surface area contributed by atoms with Crippen molar-refractivity contribution in [3.63, 3.8) is 0 Å². The monoisotopic (exact) mass is 219 g/mol. The summed E-state index contributed by atoms with van der Waals surface area (Å²) in [5.74, 6) is 1.02. The molecule has 0 fully saturated rings. The van der Waals surface area contributed by atoms with Crippen LogP contribution < -0.4 is 0 Å². The minimum absolute atomic E-state index is 0.901. The zero-order valence-corrected chi connectivity index (χ0v) is 9.44. The lowest BCUT2D eigenvalue weighted by Crippen LogP contribution is -2.00. The molecule has 78 valence electrons. The van der Waals surface area contributed by atoms with E-state index in [9.17, 15) is 0 Å². The van der Waals surface area contributed by atoms with Gasteiger partial charge >= 0.3 is 0 Å². The summed E-state index contributed by atoms with van der Waals surface area (Å²) in [7, 11) is 0. The average molecular weight is 219 g/mol. The fourth-order valence-corrected chi connectivity index (χ4v) is 2.09. The fraction of sp³-hybridized carbons (Fsp3) is 0.273. The van der Waals surface area contributed by atoms with Crippen LogP contribution >= 0.6 is 11.8 Å². The van der Waals surface area contributed by atoms with E-state index in [-0.39, 0.29) is 0 Å². The largest absolute Gasteiger partial charge is 0.252 e. The molecule has 2 rings (SSSR count). The van der Waals surface area contributed by atoms with Gasteiger partial charge in [-0.1, -0.05) is 22.9 Å². The standard InChI is InChI=1S/C11H13N3S/c1-10-2-4-11(5-3-10)15-9-8-14-7-6-12-13-14/h2-7H,8-9H2,1H3. The molecule has 0 spiro atoms. The number of benzene rings is 1. The summed E-state index contributed by atoms with van der Waals surface area (Å²) in [5.41, 5.74) is 1.30. The van der Waals surface area contributed by atoms with Gasteiger partial charge in [-0.25, -0.2) is 0 Å². The van der Waals surface area contributed by atoms with Gasteiger partial charge in [0.05, 0.1) is 12.7 Å². The molecule has 0 atom stereocenters. The van der Waals surface area contributed by atoms with Crippen molar-refractivity contribution in [1.29, 1.82) is 0 Å². The minimum atomic E-state index is 0.901. The van der Waals surface area contributed by atoms with E-state index in [0.717, 1.165) is 12.3 Å². The second kappa shape index (κ2) is 4.98. The van der Waals surface area contributed by atoms with Gasteiger partial charge < -0.3 is 0 Å². The van der Waals surface area contributed by atoms with E-state index < -0.39 is 0 Å². The summed E-state index contributed by atoms with van der Waals surface area (Å²) in [6, 6.07) is 8.58. The van der Waals surface area contributed by atoms with Crippen LogP contribution in [0.4, 0.5) is 0 Å². The van der Waals surface area contributed by atoms with Crippen LogP contribution in [0.5, 0.6) is 0 Å². The van der Waals surface area contributed by atoms with E-state index in [2.05, 4.69) is 41.5 Å². The molecule has 0 aliphatic heterocycles. The van der Waals surface area contributed by atoms with Gasteiger partial charge in [-0.05, 0) is 19.1 Å². The smallest absolute Gasteiger partial charge is 0.0692 e. The third-order valence-corrected chi connectivity index (χ3v) is 3.07. The number of aryl methyl sites for hydroxylation is 2. The zero-order valence-electron chi connectivity index (χ0n) is 8.63. The topological polar surface area (TPSA) is 30.7 Å². The number of nitrogens with zero attached hydrogens (tertiary/aromatic N) is 3. The van der Waals surface area contributed by atoms with Gasteiger partial charge in [-0.3, -0.25) is 4.68 Å². The van der Waals surface area contributed by atoms with Crippen molar-refractivity contribution in [1.82, 2.24) is 15.0 Å². The third-order valence-electron chi connectivity index (χ3n) is 2.08. The first kappa shape index (κ1) is 10.2. The lowest BCUT2D eigenvalue weighted by atomic mass is 10.2. The average Bonchev–Trinajstić information content (AvgIpc) is 2.74. The van der Waals surface area contributed by atoms with E-state index in [1.807, 2.05) is 22.6 Å². The maximum atomic E-state index is 3.91. The maximum absolute atomic E-state index is 3.91. The number of aromatic nitrogens is 3. The lowest BCUT2D eigenvalue weighted by Gasteiger charge is -2.01. The van der Waals surface area contributed by atoms with Crippen LogP contribution in [0.15, 0.2) is 41.6 Å². The highest BCUT2D eigenvalue weighted by molar-refractivity contribution is 7.99. The van der Waals surface area contributed by atoms with E-state index in [1.165, 1.54) is 10.5 Å². The fourth-order valence-electron chi connectivity index (χ4n) is 1.24. The Labute approximate surface area is 93.5 Å². The van der Waals surface area contributed by atoms with Crippen LogP contribution in [-0.2, 0) is 6.54 Å². The third kappa shape index (κ3) is 3.09. The van der Waals surface area contributed by atoms with Crippen LogP contribution in [0.3, 0.4) is 0 Å². The number of thioether (sulfide) groups is 1. The van der Waals surface area contributed by atoms with Gasteiger partial charge in [0.15, 0.2) is 0 Å². The Hall–Kier alpha value is -1.29. The Morgan fingerprint density at radius 3 is 2.73 bits per heavy atom. The van der Waals surface area contributed by atoms with Crippen LogP contribution in [0, 0.1) is 6.92 Å². The summed E-state index contributed by atoms with van der Waals surface area (Å²) in [6.45, 7) is 3.00. The van der Waals surface area contributed by atoms with Crippen LogP contribution in [0.2, 0.25) is 0 Å². The zero-order chi connectivity index (χ0) is 10.5. The highest BCUT2D eigenvalue weighted by Crippen LogP contribution is 2.18. The van der Waals surface area contributed by atoms with Gasteiger partial charge in [0.2, 0.25) is 0 Å². The Morgan fingerprint density at radius 1 is 1.27 bits per heavy atom. The lowest BCUT2D eigenvalue weighted by molar-refractivity contribution is 0.632. The summed E-state index contributed by atoms with van der Waals surface area (Å²) in [4.78, 5) is 1.31. The molecule has 0 N–H and O–H groups in total. The molecule has 0 saturated heterocycles. The normalized spacial score (nSPS) is 10.5. The first-order valence-corrected chi connectivity index (χ1v) is 5.87. The van der Waals surface area contributed by atoms with Crippen molar-refractivity contribution in [3.8, 4) is 0 Å². The molecule has 1 aromatic carbocycles. The van der Waals surface area contributed by atoms with Crippen molar-refractivity contribution >= 4 is 11.8 Å². The summed E-state index contributed by atoms with van der Waals surface area (Å²) < 4.78 is 1.85. The quantitative estimate of drug-likeness (QED) is 0.740. The van der Waals surface area contributed by atoms with Crippen molar-refractivity contribution < 1.29 is 0 Å². The summed E-state index contributed by atoms with van der Waals surface area (Å²) in [6.07, 6.45) is 3.59. The molecule has 15 heavy (non-hydrogen) atoms. The molecule has 3 nitrogen and oxygen atoms in total. The van der Waals surface area contributed by atoms with Crippen molar-refractivity contribution in [2.24, 2.45) is 0 Å². The number of rotatable bonds is 4. The number of hydrogen-bond acceptors (Lipinski definition) is 3. The Balaban J connectivity index is 1.81. The van der Waals surface area contributed by atoms with Gasteiger partial charge in [0, 0.05) is 16.8 Å². The highest BCUT2D eigenvalue weighted by atomic mass is 32.2. The Kier molecular flexibility index (Phi) is 3.40. The van der Waals surface area contributed by atoms with Crippen LogP contribution in [0.25, 0.3) is 0 Å². The molecule has 0 radical (unpaired) electrons. The maximum Gasteiger partial charge on any atom is 0.0692 e. The molecule has 1 heterocycles. The van der Waals surface area contributed by atoms with Gasteiger partial charge in [-0.2, -0.15) is 0 Å². The van der Waals surface area contributed by atoms with Crippen LogP contribution in [0.1, 0.15) is 5.56 Å². The van der Waals surface area contributed by atoms with Crippen molar-refractivity contribution in [3.05, 3.63) is 42.2 Å². The molecule has 0 aliphatic rings. The van der Waals surface area contributed by atoms with Crippen molar-refractivity contribution in [2.45, 2.75) is 18.4 Å². The second-order valence-corrected chi connectivity index (χ2v) is 4.50. The molecular weight excluding hydrogens is 206 g/mol. The minimum Gasteiger partial charge on any atom is -0.252 e. The van der Waals surface area contributed by atoms with Gasteiger partial charge in [0.25, 0.3) is 0 Å². The predicted octanol–water partition coefficient (Wildman–Crippen LogP) is 2.38. The first-order chi connectivity index (χ1) is 7.34. The van der Waals surface area contributed by atoms with Crippen molar-refractivity contribution in [2.75, 3.05) is 5.75 Å². The molecule has 0 unspecified atom stereocenters. The summed E-state index contributed by atoms with van der Waals surface area (Å²) >= 11 is 1.84. The van der Waals surface area contributed by atoms with E-state index in [4.69, 9.17) is 0 Å². The van der Waals surface area contributed by atoms with E-state index in [0.29, 0.717) is 0 Å². The van der Waals surface area contributed by atoms with Gasteiger partial charge in [-0.15, -0.1) is 16.9 Å². The van der Waals surface area contributed by atoms with Gasteiger partial charge in [0.1, 0.15) is 0 Å². The Bertz CT molecular complexity index is 394. The molecule has 0 bridgehead atoms. The molecule has 4 heteroatoms. The van der Waals surface area contributed by atoms with Crippen LogP contribution in [-0.4, -0.2) is 20.7 Å². The molecule has 2 aromatic rings. The SMILES string of the molecule is Cc1ccc(SCCn2ccnn2)cc1. The molecule has 1 aromatic heterocycles.